The number of aromatic nitrogens is 1. The standard InChI is InChI=1S/C14H10BrClN2S/c15-12-3-1-2-11-10(12)6-7-17-14(11)18-8-9-4-5-13(16)19-9/h1-7H,8H2,(H,17,18). The summed E-state index contributed by atoms with van der Waals surface area (Å²) in [6.45, 7) is 0.732. The molecule has 5 heteroatoms. The molecule has 2 heterocycles. The maximum absolute atomic E-state index is 5.93. The monoisotopic (exact) mass is 352 g/mol. The first-order chi connectivity index (χ1) is 9.24. The number of thiophene rings is 1. The minimum absolute atomic E-state index is 0.732. The fourth-order valence-corrected chi connectivity index (χ4v) is 3.45. The van der Waals surface area contributed by atoms with E-state index >= 15 is 0 Å². The van der Waals surface area contributed by atoms with Gasteiger partial charge in [0.05, 0.1) is 10.9 Å². The third kappa shape index (κ3) is 2.76. The zero-order valence-electron chi connectivity index (χ0n) is 9.86. The highest BCUT2D eigenvalue weighted by molar-refractivity contribution is 9.10. The number of rotatable bonds is 3. The van der Waals surface area contributed by atoms with Gasteiger partial charge >= 0.3 is 0 Å². The molecule has 0 aliphatic heterocycles. The fraction of sp³-hybridized carbons (Fsp3) is 0.0714. The molecule has 1 N–H and O–H groups in total. The summed E-state index contributed by atoms with van der Waals surface area (Å²) in [5.41, 5.74) is 0. The van der Waals surface area contributed by atoms with E-state index in [0.29, 0.717) is 0 Å². The number of hydrogen-bond acceptors (Lipinski definition) is 3. The quantitative estimate of drug-likeness (QED) is 0.689. The fourth-order valence-electron chi connectivity index (χ4n) is 1.93. The molecule has 0 spiro atoms. The molecule has 0 radical (unpaired) electrons. The van der Waals surface area contributed by atoms with Crippen LogP contribution >= 0.6 is 38.9 Å². The molecule has 1 aromatic carbocycles. The number of benzene rings is 1. The van der Waals surface area contributed by atoms with E-state index in [2.05, 4.69) is 32.3 Å². The predicted molar refractivity (Wildman–Crippen MR) is 86.1 cm³/mol. The summed E-state index contributed by atoms with van der Waals surface area (Å²) in [6.07, 6.45) is 1.82. The molecular formula is C14H10BrClN2S. The SMILES string of the molecule is Clc1ccc(CNc2nccc3c(Br)cccc23)s1. The Morgan fingerprint density at radius 2 is 2.05 bits per heavy atom. The number of pyridine rings is 1. The first-order valence-corrected chi connectivity index (χ1v) is 7.74. The van der Waals surface area contributed by atoms with Crippen molar-refractivity contribution >= 4 is 55.5 Å². The summed E-state index contributed by atoms with van der Waals surface area (Å²) in [7, 11) is 0. The Labute approximate surface area is 128 Å². The number of halogens is 2. The Hall–Kier alpha value is -1.10. The van der Waals surface area contributed by atoms with Crippen LogP contribution in [0.1, 0.15) is 4.88 Å². The average Bonchev–Trinajstić information content (AvgIpc) is 2.83. The van der Waals surface area contributed by atoms with E-state index in [9.17, 15) is 0 Å². The average molecular weight is 354 g/mol. The van der Waals surface area contributed by atoms with E-state index in [4.69, 9.17) is 11.6 Å². The number of anilines is 1. The van der Waals surface area contributed by atoms with E-state index in [0.717, 1.165) is 31.9 Å². The molecule has 0 bridgehead atoms. The van der Waals surface area contributed by atoms with Crippen molar-refractivity contribution < 1.29 is 0 Å². The minimum atomic E-state index is 0.732. The number of nitrogens with zero attached hydrogens (tertiary/aromatic N) is 1. The summed E-state index contributed by atoms with van der Waals surface area (Å²) in [5, 5.41) is 5.63. The normalized spacial score (nSPS) is 10.8. The molecule has 19 heavy (non-hydrogen) atoms. The van der Waals surface area contributed by atoms with Gasteiger partial charge in [0.15, 0.2) is 0 Å². The van der Waals surface area contributed by atoms with Crippen molar-refractivity contribution in [2.45, 2.75) is 6.54 Å². The second-order valence-electron chi connectivity index (χ2n) is 4.05. The third-order valence-electron chi connectivity index (χ3n) is 2.81. The van der Waals surface area contributed by atoms with Crippen LogP contribution in [0, 0.1) is 0 Å². The highest BCUT2D eigenvalue weighted by Crippen LogP contribution is 2.28. The summed E-state index contributed by atoms with van der Waals surface area (Å²) in [5.74, 6) is 0.892. The van der Waals surface area contributed by atoms with Crippen molar-refractivity contribution in [2.75, 3.05) is 5.32 Å². The Kier molecular flexibility index (Phi) is 3.73. The van der Waals surface area contributed by atoms with Crippen LogP contribution < -0.4 is 5.32 Å². The van der Waals surface area contributed by atoms with Gasteiger partial charge in [0.25, 0.3) is 0 Å². The van der Waals surface area contributed by atoms with Gasteiger partial charge in [0, 0.05) is 26.3 Å². The Bertz CT molecular complexity index is 726. The molecule has 2 nitrogen and oxygen atoms in total. The molecule has 2 aromatic heterocycles. The van der Waals surface area contributed by atoms with Crippen LogP contribution in [0.3, 0.4) is 0 Å². The van der Waals surface area contributed by atoms with E-state index in [1.54, 1.807) is 11.3 Å². The lowest BCUT2D eigenvalue weighted by Crippen LogP contribution is -2.00. The van der Waals surface area contributed by atoms with Crippen molar-refractivity contribution in [1.29, 1.82) is 0 Å². The van der Waals surface area contributed by atoms with Crippen molar-refractivity contribution in [1.82, 2.24) is 4.98 Å². The van der Waals surface area contributed by atoms with Gasteiger partial charge in [-0.05, 0) is 24.3 Å². The van der Waals surface area contributed by atoms with Crippen LogP contribution in [0.25, 0.3) is 10.8 Å². The molecule has 0 saturated carbocycles. The van der Waals surface area contributed by atoms with Crippen LogP contribution in [0.2, 0.25) is 4.34 Å². The molecule has 0 fully saturated rings. The van der Waals surface area contributed by atoms with Gasteiger partial charge in [0.2, 0.25) is 0 Å². The van der Waals surface area contributed by atoms with Gasteiger partial charge in [0.1, 0.15) is 5.82 Å². The summed E-state index contributed by atoms with van der Waals surface area (Å²) >= 11 is 11.1. The van der Waals surface area contributed by atoms with Crippen LogP contribution in [0.15, 0.2) is 47.1 Å². The molecular weight excluding hydrogens is 344 g/mol. The van der Waals surface area contributed by atoms with Crippen molar-refractivity contribution in [3.8, 4) is 0 Å². The lowest BCUT2D eigenvalue weighted by atomic mass is 10.1. The first-order valence-electron chi connectivity index (χ1n) is 5.75. The Morgan fingerprint density at radius 1 is 1.16 bits per heavy atom. The Morgan fingerprint density at radius 3 is 2.84 bits per heavy atom. The van der Waals surface area contributed by atoms with Gasteiger partial charge in [-0.3, -0.25) is 0 Å². The maximum atomic E-state index is 5.93. The van der Waals surface area contributed by atoms with Crippen LogP contribution in [0.4, 0.5) is 5.82 Å². The number of nitrogens with one attached hydrogen (secondary N) is 1. The van der Waals surface area contributed by atoms with Crippen molar-refractivity contribution in [3.05, 3.63) is 56.3 Å². The second-order valence-corrected chi connectivity index (χ2v) is 6.71. The van der Waals surface area contributed by atoms with E-state index < -0.39 is 0 Å². The molecule has 3 aromatic rings. The molecule has 3 rings (SSSR count). The summed E-state index contributed by atoms with van der Waals surface area (Å²) in [4.78, 5) is 5.60. The highest BCUT2D eigenvalue weighted by atomic mass is 79.9. The summed E-state index contributed by atoms with van der Waals surface area (Å²) < 4.78 is 1.89. The molecule has 0 aliphatic carbocycles. The molecule has 96 valence electrons. The minimum Gasteiger partial charge on any atom is -0.365 e. The molecule has 0 amide bonds. The van der Waals surface area contributed by atoms with Gasteiger partial charge in [-0.15, -0.1) is 11.3 Å². The lowest BCUT2D eigenvalue weighted by molar-refractivity contribution is 1.15. The first kappa shape index (κ1) is 12.9. The van der Waals surface area contributed by atoms with Crippen LogP contribution in [-0.4, -0.2) is 4.98 Å². The van der Waals surface area contributed by atoms with E-state index in [1.807, 2.05) is 36.5 Å². The second kappa shape index (κ2) is 5.49. The summed E-state index contributed by atoms with van der Waals surface area (Å²) in [6, 6.07) is 12.1. The Balaban J connectivity index is 1.91. The van der Waals surface area contributed by atoms with Crippen molar-refractivity contribution in [3.63, 3.8) is 0 Å². The molecule has 0 atom stereocenters. The zero-order valence-corrected chi connectivity index (χ0v) is 13.0. The van der Waals surface area contributed by atoms with Crippen LogP contribution in [0.5, 0.6) is 0 Å². The smallest absolute Gasteiger partial charge is 0.134 e. The van der Waals surface area contributed by atoms with Gasteiger partial charge < -0.3 is 5.32 Å². The number of hydrogen-bond donors (Lipinski definition) is 1. The largest absolute Gasteiger partial charge is 0.365 e. The molecule has 0 saturated heterocycles. The maximum Gasteiger partial charge on any atom is 0.134 e. The van der Waals surface area contributed by atoms with Gasteiger partial charge in [-0.25, -0.2) is 4.98 Å². The van der Waals surface area contributed by atoms with Crippen LogP contribution in [-0.2, 0) is 6.54 Å². The predicted octanol–water partition coefficient (Wildman–Crippen LogP) is 5.32. The topological polar surface area (TPSA) is 24.9 Å². The molecule has 0 aliphatic rings. The molecule has 0 unspecified atom stereocenters. The zero-order chi connectivity index (χ0) is 13.2. The third-order valence-corrected chi connectivity index (χ3v) is 4.73. The lowest BCUT2D eigenvalue weighted by Gasteiger charge is -2.08. The van der Waals surface area contributed by atoms with Gasteiger partial charge in [-0.2, -0.15) is 0 Å². The number of fused-ring (bicyclic) bond motifs is 1. The van der Waals surface area contributed by atoms with Crippen molar-refractivity contribution in [2.24, 2.45) is 0 Å². The van der Waals surface area contributed by atoms with E-state index in [-0.39, 0.29) is 0 Å². The highest BCUT2D eigenvalue weighted by Gasteiger charge is 2.05. The van der Waals surface area contributed by atoms with E-state index in [1.165, 1.54) is 4.88 Å². The van der Waals surface area contributed by atoms with Gasteiger partial charge in [-0.1, -0.05) is 39.7 Å².